The van der Waals surface area contributed by atoms with Crippen LogP contribution in [0.3, 0.4) is 0 Å². The molecule has 0 saturated heterocycles. The summed E-state index contributed by atoms with van der Waals surface area (Å²) in [6, 6.07) is 0. The SMILES string of the molecule is CC(=O)OC1(C)C2CC3CC4CC1C4(C3)C2. The maximum Gasteiger partial charge on any atom is 0.303 e. The minimum atomic E-state index is -0.114. The van der Waals surface area contributed by atoms with Crippen molar-refractivity contribution in [1.82, 2.24) is 0 Å². The fourth-order valence-electron chi connectivity index (χ4n) is 6.05. The molecule has 0 radical (unpaired) electrons. The van der Waals surface area contributed by atoms with Crippen molar-refractivity contribution < 1.29 is 9.53 Å². The third-order valence-electron chi connectivity index (χ3n) is 6.42. The van der Waals surface area contributed by atoms with E-state index in [4.69, 9.17) is 4.74 Å². The second-order valence-corrected chi connectivity index (χ2v) is 6.94. The second-order valence-electron chi connectivity index (χ2n) is 6.94. The molecule has 4 saturated carbocycles. The van der Waals surface area contributed by atoms with E-state index in [0.29, 0.717) is 17.3 Å². The lowest BCUT2D eigenvalue weighted by molar-refractivity contribution is -0.176. The summed E-state index contributed by atoms with van der Waals surface area (Å²) in [5.41, 5.74) is 0.495. The number of carbonyl (C=O) groups is 1. The summed E-state index contributed by atoms with van der Waals surface area (Å²) >= 11 is 0. The lowest BCUT2D eigenvalue weighted by Crippen LogP contribution is -2.52. The molecule has 4 rings (SSSR count). The van der Waals surface area contributed by atoms with Crippen molar-refractivity contribution in [3.05, 3.63) is 0 Å². The largest absolute Gasteiger partial charge is 0.459 e. The van der Waals surface area contributed by atoms with E-state index < -0.39 is 0 Å². The standard InChI is InChI=1S/C14H20O2/c1-8(15)16-13(2)11-4-9-3-10-5-12(13)14(10,6-9)7-11/h9-12H,3-7H2,1-2H3. The van der Waals surface area contributed by atoms with E-state index in [2.05, 4.69) is 6.92 Å². The van der Waals surface area contributed by atoms with Gasteiger partial charge in [0.05, 0.1) is 0 Å². The predicted octanol–water partition coefficient (Wildman–Crippen LogP) is 2.76. The zero-order valence-corrected chi connectivity index (χ0v) is 10.2. The van der Waals surface area contributed by atoms with E-state index in [1.54, 1.807) is 6.92 Å². The van der Waals surface area contributed by atoms with Crippen LogP contribution in [-0.4, -0.2) is 11.6 Å². The van der Waals surface area contributed by atoms with Crippen molar-refractivity contribution in [2.24, 2.45) is 29.1 Å². The van der Waals surface area contributed by atoms with E-state index in [0.717, 1.165) is 11.8 Å². The van der Waals surface area contributed by atoms with E-state index in [-0.39, 0.29) is 11.6 Å². The number of carbonyl (C=O) groups excluding carboxylic acids is 1. The van der Waals surface area contributed by atoms with E-state index in [9.17, 15) is 4.79 Å². The zero-order valence-electron chi connectivity index (χ0n) is 10.2. The first-order valence-electron chi connectivity index (χ1n) is 6.74. The van der Waals surface area contributed by atoms with Gasteiger partial charge >= 0.3 is 5.97 Å². The van der Waals surface area contributed by atoms with Crippen LogP contribution >= 0.6 is 0 Å². The number of esters is 1. The van der Waals surface area contributed by atoms with Crippen LogP contribution in [0.15, 0.2) is 0 Å². The highest BCUT2D eigenvalue weighted by atomic mass is 16.6. The van der Waals surface area contributed by atoms with E-state index >= 15 is 0 Å². The zero-order chi connectivity index (χ0) is 11.1. The molecule has 0 aromatic carbocycles. The normalized spacial score (nSPS) is 60.6. The molecule has 4 fully saturated rings. The number of fused-ring (bicyclic) bond motifs is 2. The van der Waals surface area contributed by atoms with E-state index in [1.807, 2.05) is 0 Å². The molecule has 4 aliphatic rings. The van der Waals surface area contributed by atoms with Gasteiger partial charge in [0.25, 0.3) is 0 Å². The Bertz CT molecular complexity index is 377. The first-order valence-corrected chi connectivity index (χ1v) is 6.74. The monoisotopic (exact) mass is 220 g/mol. The molecule has 0 aromatic heterocycles. The quantitative estimate of drug-likeness (QED) is 0.635. The minimum absolute atomic E-state index is 0.0780. The summed E-state index contributed by atoms with van der Waals surface area (Å²) in [4.78, 5) is 11.3. The Labute approximate surface area is 96.7 Å². The molecule has 4 aliphatic carbocycles. The van der Waals surface area contributed by atoms with Crippen LogP contribution in [0, 0.1) is 29.1 Å². The highest BCUT2D eigenvalue weighted by molar-refractivity contribution is 5.66. The fraction of sp³-hybridized carbons (Fsp3) is 0.929. The summed E-state index contributed by atoms with van der Waals surface area (Å²) in [5, 5.41) is 0. The van der Waals surface area contributed by atoms with Gasteiger partial charge in [-0.1, -0.05) is 0 Å². The maximum atomic E-state index is 11.3. The summed E-state index contributed by atoms with van der Waals surface area (Å²) in [6.45, 7) is 3.79. The molecule has 0 heterocycles. The van der Waals surface area contributed by atoms with Crippen LogP contribution in [0.2, 0.25) is 0 Å². The number of hydrogen-bond donors (Lipinski definition) is 0. The average Bonchev–Trinajstić information content (AvgIpc) is 2.44. The van der Waals surface area contributed by atoms with Gasteiger partial charge in [-0.15, -0.1) is 0 Å². The molecule has 0 amide bonds. The Balaban J connectivity index is 1.75. The van der Waals surface area contributed by atoms with Crippen LogP contribution in [-0.2, 0) is 9.53 Å². The van der Waals surface area contributed by atoms with Crippen LogP contribution in [0.1, 0.15) is 46.0 Å². The number of hydrogen-bond acceptors (Lipinski definition) is 2. The fourth-order valence-corrected chi connectivity index (χ4v) is 6.05. The number of rotatable bonds is 1. The van der Waals surface area contributed by atoms with Gasteiger partial charge in [0.15, 0.2) is 0 Å². The topological polar surface area (TPSA) is 26.3 Å². The van der Waals surface area contributed by atoms with Crippen molar-refractivity contribution in [2.75, 3.05) is 0 Å². The van der Waals surface area contributed by atoms with Gasteiger partial charge in [0.2, 0.25) is 0 Å². The lowest BCUT2D eigenvalue weighted by atomic mass is 9.54. The van der Waals surface area contributed by atoms with Gasteiger partial charge < -0.3 is 4.74 Å². The Morgan fingerprint density at radius 1 is 1.19 bits per heavy atom. The highest BCUT2D eigenvalue weighted by Gasteiger charge is 2.75. The average molecular weight is 220 g/mol. The summed E-state index contributed by atoms with van der Waals surface area (Å²) in [7, 11) is 0. The van der Waals surface area contributed by atoms with Gasteiger partial charge in [-0.2, -0.15) is 0 Å². The van der Waals surface area contributed by atoms with Gasteiger partial charge in [-0.3, -0.25) is 4.79 Å². The van der Waals surface area contributed by atoms with Crippen molar-refractivity contribution in [3.8, 4) is 0 Å². The molecule has 6 atom stereocenters. The third-order valence-corrected chi connectivity index (χ3v) is 6.42. The van der Waals surface area contributed by atoms with Gasteiger partial charge in [-0.05, 0) is 62.2 Å². The van der Waals surface area contributed by atoms with E-state index in [1.165, 1.54) is 32.1 Å². The maximum absolute atomic E-state index is 11.3. The Hall–Kier alpha value is -0.530. The highest BCUT2D eigenvalue weighted by Crippen LogP contribution is 2.78. The number of ether oxygens (including phenoxy) is 1. The molecule has 88 valence electrons. The summed E-state index contributed by atoms with van der Waals surface area (Å²) in [6.07, 6.45) is 6.91. The van der Waals surface area contributed by atoms with Crippen LogP contribution in [0.4, 0.5) is 0 Å². The van der Waals surface area contributed by atoms with Gasteiger partial charge in [0.1, 0.15) is 5.60 Å². The van der Waals surface area contributed by atoms with Crippen LogP contribution in [0.25, 0.3) is 0 Å². The van der Waals surface area contributed by atoms with Gasteiger partial charge in [0, 0.05) is 12.8 Å². The Morgan fingerprint density at radius 2 is 1.94 bits per heavy atom. The first kappa shape index (κ1) is 9.49. The molecular formula is C14H20O2. The van der Waals surface area contributed by atoms with Crippen LogP contribution in [0.5, 0.6) is 0 Å². The van der Waals surface area contributed by atoms with Crippen molar-refractivity contribution >= 4 is 5.97 Å². The molecule has 6 unspecified atom stereocenters. The summed E-state index contributed by atoms with van der Waals surface area (Å²) < 4.78 is 5.77. The molecule has 2 nitrogen and oxygen atoms in total. The predicted molar refractivity (Wildman–Crippen MR) is 59.6 cm³/mol. The Kier molecular flexibility index (Phi) is 1.48. The molecule has 0 aliphatic heterocycles. The molecule has 0 aromatic rings. The van der Waals surface area contributed by atoms with Crippen molar-refractivity contribution in [1.29, 1.82) is 0 Å². The molecule has 0 N–H and O–H groups in total. The lowest BCUT2D eigenvalue weighted by Gasteiger charge is -2.52. The Morgan fingerprint density at radius 3 is 2.69 bits per heavy atom. The molecule has 16 heavy (non-hydrogen) atoms. The van der Waals surface area contributed by atoms with Crippen molar-refractivity contribution in [2.45, 2.75) is 51.6 Å². The minimum Gasteiger partial charge on any atom is -0.459 e. The third kappa shape index (κ3) is 0.822. The smallest absolute Gasteiger partial charge is 0.303 e. The molecule has 2 heteroatoms. The molecule has 1 spiro atoms. The molecule has 3 bridgehead atoms. The van der Waals surface area contributed by atoms with Crippen molar-refractivity contribution in [3.63, 3.8) is 0 Å². The first-order chi connectivity index (χ1) is 7.54. The summed E-state index contributed by atoms with van der Waals surface area (Å²) in [5.74, 6) is 3.20. The second kappa shape index (κ2) is 2.49. The van der Waals surface area contributed by atoms with Crippen LogP contribution < -0.4 is 0 Å². The van der Waals surface area contributed by atoms with Gasteiger partial charge in [-0.25, -0.2) is 0 Å². The molecular weight excluding hydrogens is 200 g/mol.